The maximum absolute atomic E-state index is 5.87. The van der Waals surface area contributed by atoms with Gasteiger partial charge in [0.15, 0.2) is 5.17 Å². The van der Waals surface area contributed by atoms with Gasteiger partial charge < -0.3 is 5.73 Å². The minimum Gasteiger partial charge on any atom is -0.378 e. The highest BCUT2D eigenvalue weighted by molar-refractivity contribution is 8.13. The fraction of sp³-hybridized carbons (Fsp3) is 0.650. The Balaban J connectivity index is 1.95. The summed E-state index contributed by atoms with van der Waals surface area (Å²) in [6.45, 7) is 4.78. The molecule has 0 spiro atoms. The van der Waals surface area contributed by atoms with Gasteiger partial charge in [0.05, 0.1) is 0 Å². The number of nitrogens with two attached hydrogens (primary N) is 1. The summed E-state index contributed by atoms with van der Waals surface area (Å²) in [4.78, 5) is 5.27. The predicted octanol–water partition coefficient (Wildman–Crippen LogP) is 5.28. The zero-order valence-electron chi connectivity index (χ0n) is 14.8. The van der Waals surface area contributed by atoms with Crippen LogP contribution in [0.4, 0.5) is 0 Å². The Kier molecular flexibility index (Phi) is 5.05. The molecular formula is C20H30N2S. The van der Waals surface area contributed by atoms with Gasteiger partial charge in [-0.3, -0.25) is 4.99 Å². The van der Waals surface area contributed by atoms with Crippen LogP contribution in [0.1, 0.15) is 63.0 Å². The molecule has 3 rings (SSSR count). The van der Waals surface area contributed by atoms with Crippen molar-refractivity contribution in [2.75, 3.05) is 7.05 Å². The molecule has 0 radical (unpaired) electrons. The fourth-order valence-electron chi connectivity index (χ4n) is 5.24. The number of benzene rings is 1. The average molecular weight is 331 g/mol. The normalized spacial score (nSPS) is 31.7. The number of hydrogen-bond donors (Lipinski definition) is 1. The van der Waals surface area contributed by atoms with Crippen molar-refractivity contribution in [1.82, 2.24) is 0 Å². The third-order valence-corrected chi connectivity index (χ3v) is 7.13. The second kappa shape index (κ2) is 6.88. The monoisotopic (exact) mass is 330 g/mol. The van der Waals surface area contributed by atoms with E-state index in [0.717, 1.165) is 11.8 Å². The number of hydrogen-bond acceptors (Lipinski definition) is 2. The zero-order chi connectivity index (χ0) is 16.4. The molecule has 0 amide bonds. The second-order valence-electron chi connectivity index (χ2n) is 7.52. The van der Waals surface area contributed by atoms with E-state index in [1.165, 1.54) is 55.4 Å². The van der Waals surface area contributed by atoms with Gasteiger partial charge in [-0.1, -0.05) is 50.4 Å². The zero-order valence-corrected chi connectivity index (χ0v) is 15.6. The highest BCUT2D eigenvalue weighted by Gasteiger charge is 2.46. The molecule has 3 heteroatoms. The lowest BCUT2D eigenvalue weighted by Gasteiger charge is -2.51. The molecule has 2 nitrogen and oxygen atoms in total. The summed E-state index contributed by atoms with van der Waals surface area (Å²) in [6, 6.07) is 6.97. The first-order valence-electron chi connectivity index (χ1n) is 9.08. The first-order valence-corrected chi connectivity index (χ1v) is 9.90. The molecule has 0 aromatic heterocycles. The summed E-state index contributed by atoms with van der Waals surface area (Å²) >= 11 is 1.57. The van der Waals surface area contributed by atoms with Crippen LogP contribution in [0.2, 0.25) is 0 Å². The van der Waals surface area contributed by atoms with Crippen LogP contribution < -0.4 is 5.73 Å². The molecule has 1 aromatic carbocycles. The van der Waals surface area contributed by atoms with E-state index in [4.69, 9.17) is 5.73 Å². The molecule has 2 aliphatic carbocycles. The Morgan fingerprint density at radius 2 is 2.00 bits per heavy atom. The van der Waals surface area contributed by atoms with Crippen LogP contribution in [0.25, 0.3) is 0 Å². The topological polar surface area (TPSA) is 38.4 Å². The lowest BCUT2D eigenvalue weighted by atomic mass is 9.53. The molecule has 3 atom stereocenters. The van der Waals surface area contributed by atoms with Crippen molar-refractivity contribution in [3.05, 3.63) is 29.3 Å². The van der Waals surface area contributed by atoms with Crippen LogP contribution in [0, 0.1) is 18.8 Å². The molecule has 2 fully saturated rings. The number of thioether (sulfide) groups is 1. The van der Waals surface area contributed by atoms with Gasteiger partial charge in [0.2, 0.25) is 0 Å². The van der Waals surface area contributed by atoms with Crippen LogP contribution in [0.5, 0.6) is 0 Å². The molecule has 0 aliphatic heterocycles. The summed E-state index contributed by atoms with van der Waals surface area (Å²) < 4.78 is 0. The number of rotatable bonds is 2. The van der Waals surface area contributed by atoms with Crippen LogP contribution in [0.3, 0.4) is 0 Å². The average Bonchev–Trinajstić information content (AvgIpc) is 2.55. The van der Waals surface area contributed by atoms with Crippen LogP contribution in [-0.2, 0) is 5.41 Å². The number of nitrogens with zero attached hydrogens (tertiary/aromatic N) is 1. The molecule has 0 heterocycles. The largest absolute Gasteiger partial charge is 0.378 e. The molecule has 3 unspecified atom stereocenters. The molecule has 0 bridgehead atoms. The van der Waals surface area contributed by atoms with Crippen molar-refractivity contribution in [3.63, 3.8) is 0 Å². The second-order valence-corrected chi connectivity index (χ2v) is 8.61. The Labute approximate surface area is 145 Å². The van der Waals surface area contributed by atoms with Crippen molar-refractivity contribution in [2.45, 2.75) is 69.1 Å². The van der Waals surface area contributed by atoms with Crippen molar-refractivity contribution in [3.8, 4) is 0 Å². The van der Waals surface area contributed by atoms with Gasteiger partial charge in [0.25, 0.3) is 0 Å². The summed E-state index contributed by atoms with van der Waals surface area (Å²) in [5, 5.41) is 0.636. The van der Waals surface area contributed by atoms with Crippen molar-refractivity contribution >= 4 is 16.9 Å². The van der Waals surface area contributed by atoms with Gasteiger partial charge >= 0.3 is 0 Å². The van der Waals surface area contributed by atoms with E-state index in [0.29, 0.717) is 10.6 Å². The lowest BCUT2D eigenvalue weighted by molar-refractivity contribution is 0.0747. The first kappa shape index (κ1) is 16.9. The molecular weight excluding hydrogens is 300 g/mol. The lowest BCUT2D eigenvalue weighted by Crippen LogP contribution is -2.44. The number of aliphatic imine (C=N–C) groups is 1. The molecule has 1 aromatic rings. The molecule has 2 saturated carbocycles. The summed E-state index contributed by atoms with van der Waals surface area (Å²) in [5.41, 5.74) is 9.37. The Morgan fingerprint density at radius 3 is 2.74 bits per heavy atom. The standard InChI is InChI=1S/C20H30N2S/c1-14-7-6-12-20(11-5-4-8-17(14)20)18-10-9-16(13-15(18)2)23-19(21)22-3/h9-10,13-14,17H,4-8,11-12H2,1-3H3,(H2,21,22). The highest BCUT2D eigenvalue weighted by Crippen LogP contribution is 2.54. The first-order chi connectivity index (χ1) is 11.1. The Hall–Kier alpha value is -0.960. The van der Waals surface area contributed by atoms with Gasteiger partial charge in [-0.25, -0.2) is 0 Å². The van der Waals surface area contributed by atoms with Gasteiger partial charge in [-0.05, 0) is 66.7 Å². The van der Waals surface area contributed by atoms with Crippen molar-refractivity contribution in [1.29, 1.82) is 0 Å². The van der Waals surface area contributed by atoms with Crippen LogP contribution in [0.15, 0.2) is 28.1 Å². The van der Waals surface area contributed by atoms with Crippen LogP contribution in [-0.4, -0.2) is 12.2 Å². The molecule has 126 valence electrons. The predicted molar refractivity (Wildman–Crippen MR) is 101 cm³/mol. The van der Waals surface area contributed by atoms with Crippen molar-refractivity contribution < 1.29 is 0 Å². The van der Waals surface area contributed by atoms with Crippen LogP contribution >= 0.6 is 11.8 Å². The SMILES string of the molecule is CN=C(N)Sc1ccc(C23CCCCC2C(C)CCC3)c(C)c1. The van der Waals surface area contributed by atoms with E-state index in [9.17, 15) is 0 Å². The van der Waals surface area contributed by atoms with E-state index in [1.807, 2.05) is 0 Å². The van der Waals surface area contributed by atoms with Gasteiger partial charge in [0.1, 0.15) is 0 Å². The van der Waals surface area contributed by atoms with Gasteiger partial charge in [-0.2, -0.15) is 0 Å². The Morgan fingerprint density at radius 1 is 1.22 bits per heavy atom. The smallest absolute Gasteiger partial charge is 0.158 e. The molecule has 0 saturated heterocycles. The highest BCUT2D eigenvalue weighted by atomic mass is 32.2. The Bertz CT molecular complexity index is 591. The maximum atomic E-state index is 5.87. The molecule has 2 aliphatic rings. The summed E-state index contributed by atoms with van der Waals surface area (Å²) in [5.74, 6) is 1.75. The van der Waals surface area contributed by atoms with Crippen molar-refractivity contribution in [2.24, 2.45) is 22.6 Å². The number of fused-ring (bicyclic) bond motifs is 1. The quantitative estimate of drug-likeness (QED) is 0.455. The minimum atomic E-state index is 0.438. The number of aryl methyl sites for hydroxylation is 1. The summed E-state index contributed by atoms with van der Waals surface area (Å²) in [6.07, 6.45) is 9.82. The third-order valence-electron chi connectivity index (χ3n) is 6.24. The minimum absolute atomic E-state index is 0.438. The van der Waals surface area contributed by atoms with Gasteiger partial charge in [0, 0.05) is 11.9 Å². The molecule has 23 heavy (non-hydrogen) atoms. The van der Waals surface area contributed by atoms with E-state index < -0.39 is 0 Å². The molecule has 2 N–H and O–H groups in total. The third kappa shape index (κ3) is 3.17. The fourth-order valence-corrected chi connectivity index (χ4v) is 5.94. The maximum Gasteiger partial charge on any atom is 0.158 e. The summed E-state index contributed by atoms with van der Waals surface area (Å²) in [7, 11) is 1.75. The van der Waals surface area contributed by atoms with Gasteiger partial charge in [-0.15, -0.1) is 0 Å². The van der Waals surface area contributed by atoms with E-state index in [1.54, 1.807) is 24.4 Å². The number of amidine groups is 1. The van der Waals surface area contributed by atoms with E-state index >= 15 is 0 Å². The van der Waals surface area contributed by atoms with E-state index in [-0.39, 0.29) is 0 Å². The van der Waals surface area contributed by atoms with E-state index in [2.05, 4.69) is 37.0 Å².